The van der Waals surface area contributed by atoms with Crippen molar-refractivity contribution in [1.29, 1.82) is 0 Å². The number of para-hydroxylation sites is 1. The number of amides is 2. The second kappa shape index (κ2) is 10.8. The second-order valence-corrected chi connectivity index (χ2v) is 4.92. The maximum atomic E-state index is 12.2. The van der Waals surface area contributed by atoms with E-state index in [1.165, 1.54) is 12.1 Å². The Hall–Kier alpha value is -2.86. The molecule has 0 spiro atoms. The molecule has 0 radical (unpaired) electrons. The van der Waals surface area contributed by atoms with E-state index < -0.39 is 5.91 Å². The highest BCUT2D eigenvalue weighted by Crippen LogP contribution is 2.13. The lowest BCUT2D eigenvalue weighted by Crippen LogP contribution is -2.33. The molecule has 0 fully saturated rings. The Labute approximate surface area is 148 Å². The Kier molecular flexibility index (Phi) is 8.74. The standard InChI is InChI=1S/C17H19N3O3.C2H6/c1-2-20(15-6-4-3-5-7-15)12-16(21)18-14-10-8-13(9-11-14)17(22)19-23;1-2/h3-11,23H,2,12H2,1H3,(H,18,21)(H,19,22);1-2H3. The van der Waals surface area contributed by atoms with E-state index in [0.29, 0.717) is 17.8 Å². The lowest BCUT2D eigenvalue weighted by Gasteiger charge is -2.22. The van der Waals surface area contributed by atoms with Crippen molar-refractivity contribution >= 4 is 23.2 Å². The third-order valence-corrected chi connectivity index (χ3v) is 3.37. The molecule has 0 bridgehead atoms. The minimum absolute atomic E-state index is 0.143. The molecule has 0 aliphatic heterocycles. The zero-order valence-corrected chi connectivity index (χ0v) is 14.8. The summed E-state index contributed by atoms with van der Waals surface area (Å²) in [5.74, 6) is -0.737. The molecular formula is C19H25N3O3. The van der Waals surface area contributed by atoms with Crippen LogP contribution in [-0.2, 0) is 4.79 Å². The van der Waals surface area contributed by atoms with Crippen molar-refractivity contribution in [2.24, 2.45) is 0 Å². The van der Waals surface area contributed by atoms with E-state index in [1.54, 1.807) is 17.6 Å². The van der Waals surface area contributed by atoms with Crippen LogP contribution in [0, 0.1) is 0 Å². The van der Waals surface area contributed by atoms with Crippen LogP contribution < -0.4 is 15.7 Å². The molecule has 2 aromatic carbocycles. The Morgan fingerprint density at radius 2 is 1.60 bits per heavy atom. The first kappa shape index (κ1) is 20.2. The van der Waals surface area contributed by atoms with Crippen LogP contribution in [0.2, 0.25) is 0 Å². The molecule has 0 saturated heterocycles. The maximum Gasteiger partial charge on any atom is 0.274 e. The van der Waals surface area contributed by atoms with Crippen LogP contribution >= 0.6 is 0 Å². The Morgan fingerprint density at radius 1 is 1.00 bits per heavy atom. The van der Waals surface area contributed by atoms with Gasteiger partial charge in [-0.05, 0) is 43.3 Å². The van der Waals surface area contributed by atoms with Gasteiger partial charge in [-0.25, -0.2) is 5.48 Å². The zero-order valence-electron chi connectivity index (χ0n) is 14.8. The molecule has 6 heteroatoms. The average Bonchev–Trinajstić information content (AvgIpc) is 2.68. The van der Waals surface area contributed by atoms with Crippen molar-refractivity contribution < 1.29 is 14.8 Å². The monoisotopic (exact) mass is 343 g/mol. The number of carbonyl (C=O) groups excluding carboxylic acids is 2. The van der Waals surface area contributed by atoms with Crippen LogP contribution in [0.4, 0.5) is 11.4 Å². The number of nitrogens with one attached hydrogen (secondary N) is 2. The topological polar surface area (TPSA) is 81.7 Å². The van der Waals surface area contributed by atoms with Gasteiger partial charge in [-0.15, -0.1) is 0 Å². The number of hydroxylamine groups is 1. The van der Waals surface area contributed by atoms with Gasteiger partial charge >= 0.3 is 0 Å². The van der Waals surface area contributed by atoms with Crippen LogP contribution in [0.5, 0.6) is 0 Å². The number of rotatable bonds is 6. The minimum atomic E-state index is -0.593. The fourth-order valence-electron chi connectivity index (χ4n) is 2.17. The average molecular weight is 343 g/mol. The normalized spacial score (nSPS) is 9.44. The summed E-state index contributed by atoms with van der Waals surface area (Å²) in [6.07, 6.45) is 0. The molecule has 25 heavy (non-hydrogen) atoms. The Bertz CT molecular complexity index is 657. The maximum absolute atomic E-state index is 12.2. The summed E-state index contributed by atoms with van der Waals surface area (Å²) in [6.45, 7) is 6.94. The fourth-order valence-corrected chi connectivity index (χ4v) is 2.17. The van der Waals surface area contributed by atoms with Crippen LogP contribution in [0.1, 0.15) is 31.1 Å². The highest BCUT2D eigenvalue weighted by Gasteiger charge is 2.10. The first-order valence-electron chi connectivity index (χ1n) is 8.28. The summed E-state index contributed by atoms with van der Waals surface area (Å²) < 4.78 is 0. The van der Waals surface area contributed by atoms with Crippen molar-refractivity contribution in [1.82, 2.24) is 5.48 Å². The summed E-state index contributed by atoms with van der Waals surface area (Å²) in [5, 5.41) is 11.3. The quantitative estimate of drug-likeness (QED) is 0.555. The molecule has 134 valence electrons. The summed E-state index contributed by atoms with van der Waals surface area (Å²) in [4.78, 5) is 25.4. The van der Waals surface area contributed by atoms with E-state index in [-0.39, 0.29) is 12.5 Å². The highest BCUT2D eigenvalue weighted by atomic mass is 16.5. The smallest absolute Gasteiger partial charge is 0.274 e. The number of likely N-dealkylation sites (N-methyl/N-ethyl adjacent to an activating group) is 1. The first-order valence-corrected chi connectivity index (χ1v) is 8.28. The van der Waals surface area contributed by atoms with Gasteiger partial charge in [0.1, 0.15) is 0 Å². The molecule has 0 aromatic heterocycles. The summed E-state index contributed by atoms with van der Waals surface area (Å²) >= 11 is 0. The SMILES string of the molecule is CC.CCN(CC(=O)Nc1ccc(C(=O)NO)cc1)c1ccccc1. The van der Waals surface area contributed by atoms with Crippen molar-refractivity contribution in [2.75, 3.05) is 23.3 Å². The van der Waals surface area contributed by atoms with Gasteiger partial charge in [-0.3, -0.25) is 14.8 Å². The van der Waals surface area contributed by atoms with Gasteiger partial charge < -0.3 is 10.2 Å². The predicted molar refractivity (Wildman–Crippen MR) is 100 cm³/mol. The van der Waals surface area contributed by atoms with Gasteiger partial charge in [-0.1, -0.05) is 32.0 Å². The number of benzene rings is 2. The van der Waals surface area contributed by atoms with E-state index >= 15 is 0 Å². The number of anilines is 2. The van der Waals surface area contributed by atoms with Crippen molar-refractivity contribution in [3.8, 4) is 0 Å². The molecule has 6 nitrogen and oxygen atoms in total. The molecule has 0 aliphatic rings. The van der Waals surface area contributed by atoms with Gasteiger partial charge in [0.15, 0.2) is 0 Å². The highest BCUT2D eigenvalue weighted by molar-refractivity contribution is 5.96. The van der Waals surface area contributed by atoms with Crippen molar-refractivity contribution in [3.05, 3.63) is 60.2 Å². The third kappa shape index (κ3) is 6.27. The summed E-state index contributed by atoms with van der Waals surface area (Å²) in [5.41, 5.74) is 3.45. The van der Waals surface area contributed by atoms with E-state index in [4.69, 9.17) is 5.21 Å². The van der Waals surface area contributed by atoms with Gasteiger partial charge in [0, 0.05) is 23.5 Å². The molecule has 0 saturated carbocycles. The van der Waals surface area contributed by atoms with Gasteiger partial charge in [-0.2, -0.15) is 0 Å². The van der Waals surface area contributed by atoms with E-state index in [0.717, 1.165) is 5.69 Å². The number of carbonyl (C=O) groups is 2. The molecule has 2 aromatic rings. The summed E-state index contributed by atoms with van der Waals surface area (Å²) in [7, 11) is 0. The fraction of sp³-hybridized carbons (Fsp3) is 0.263. The van der Waals surface area contributed by atoms with Gasteiger partial charge in [0.05, 0.1) is 6.54 Å². The predicted octanol–water partition coefficient (Wildman–Crippen LogP) is 3.30. The zero-order chi connectivity index (χ0) is 18.7. The molecule has 2 amide bonds. The molecule has 0 unspecified atom stereocenters. The first-order chi connectivity index (χ1) is 12.1. The van der Waals surface area contributed by atoms with Crippen LogP contribution in [0.15, 0.2) is 54.6 Å². The number of hydrogen-bond donors (Lipinski definition) is 3. The molecule has 2 rings (SSSR count). The third-order valence-electron chi connectivity index (χ3n) is 3.37. The van der Waals surface area contributed by atoms with Crippen LogP contribution in [0.25, 0.3) is 0 Å². The Morgan fingerprint density at radius 3 is 2.12 bits per heavy atom. The Balaban J connectivity index is 0.00000151. The molecule has 0 atom stereocenters. The van der Waals surface area contributed by atoms with Gasteiger partial charge in [0.2, 0.25) is 5.91 Å². The lowest BCUT2D eigenvalue weighted by atomic mass is 10.2. The van der Waals surface area contributed by atoms with Gasteiger partial charge in [0.25, 0.3) is 5.91 Å². The minimum Gasteiger partial charge on any atom is -0.362 e. The summed E-state index contributed by atoms with van der Waals surface area (Å²) in [6, 6.07) is 16.0. The van der Waals surface area contributed by atoms with Crippen LogP contribution in [0.3, 0.4) is 0 Å². The second-order valence-electron chi connectivity index (χ2n) is 4.92. The molecule has 0 aliphatic carbocycles. The van der Waals surface area contributed by atoms with E-state index in [1.807, 2.05) is 56.0 Å². The number of nitrogens with zero attached hydrogens (tertiary/aromatic N) is 1. The van der Waals surface area contributed by atoms with E-state index in [9.17, 15) is 9.59 Å². The molecule has 3 N–H and O–H groups in total. The van der Waals surface area contributed by atoms with Crippen molar-refractivity contribution in [3.63, 3.8) is 0 Å². The van der Waals surface area contributed by atoms with Crippen molar-refractivity contribution in [2.45, 2.75) is 20.8 Å². The lowest BCUT2D eigenvalue weighted by molar-refractivity contribution is -0.115. The van der Waals surface area contributed by atoms with Crippen LogP contribution in [-0.4, -0.2) is 30.1 Å². The molecule has 0 heterocycles. The molecular weight excluding hydrogens is 318 g/mol. The van der Waals surface area contributed by atoms with E-state index in [2.05, 4.69) is 5.32 Å². The largest absolute Gasteiger partial charge is 0.362 e. The number of hydrogen-bond acceptors (Lipinski definition) is 4.